The molecule has 1 saturated heterocycles. The van der Waals surface area contributed by atoms with E-state index in [1.54, 1.807) is 18.2 Å². The summed E-state index contributed by atoms with van der Waals surface area (Å²) in [6.07, 6.45) is 8.08. The lowest BCUT2D eigenvalue weighted by Gasteiger charge is -2.18. The molecule has 196 valence electrons. The van der Waals surface area contributed by atoms with E-state index in [1.807, 2.05) is 31.1 Å². The Bertz CT molecular complexity index is 1440. The molecule has 1 aromatic heterocycles. The van der Waals surface area contributed by atoms with E-state index in [0.29, 0.717) is 59.8 Å². The maximum Gasteiger partial charge on any atom is 0.248 e. The Morgan fingerprint density at radius 2 is 2.16 bits per heavy atom. The quantitative estimate of drug-likeness (QED) is 0.224. The first-order chi connectivity index (χ1) is 18.3. The summed E-state index contributed by atoms with van der Waals surface area (Å²) in [5.74, 6) is 6.34. The Labute approximate surface area is 226 Å². The SMILES string of the molecule is C=CC[C@@]1(C#Cc2cc3ncnc(Nc4ccc(F)c(Cl)c4)c3cc2NC(=O)/C=C/CN(C)C)CCOC1. The molecule has 2 heterocycles. The van der Waals surface area contributed by atoms with Gasteiger partial charge in [-0.1, -0.05) is 35.6 Å². The molecule has 2 N–H and O–H groups in total. The second kappa shape index (κ2) is 12.2. The fraction of sp³-hybridized carbons (Fsp3) is 0.276. The van der Waals surface area contributed by atoms with Crippen molar-refractivity contribution in [1.29, 1.82) is 0 Å². The van der Waals surface area contributed by atoms with E-state index in [0.717, 1.165) is 6.42 Å². The molecule has 1 fully saturated rings. The van der Waals surface area contributed by atoms with Crippen LogP contribution in [-0.4, -0.2) is 54.6 Å². The van der Waals surface area contributed by atoms with Crippen molar-refractivity contribution in [2.45, 2.75) is 12.8 Å². The van der Waals surface area contributed by atoms with Crippen molar-refractivity contribution in [3.8, 4) is 11.8 Å². The highest BCUT2D eigenvalue weighted by Gasteiger charge is 2.31. The molecule has 1 amide bonds. The van der Waals surface area contributed by atoms with Crippen LogP contribution in [0.25, 0.3) is 10.9 Å². The molecule has 1 aliphatic heterocycles. The zero-order valence-corrected chi connectivity index (χ0v) is 22.1. The molecule has 0 spiro atoms. The number of amides is 1. The molecule has 0 bridgehead atoms. The molecule has 38 heavy (non-hydrogen) atoms. The van der Waals surface area contributed by atoms with Crippen molar-refractivity contribution >= 4 is 45.6 Å². The molecular weight excluding hydrogens is 505 g/mol. The van der Waals surface area contributed by atoms with Gasteiger partial charge in [0, 0.05) is 30.3 Å². The number of rotatable bonds is 8. The lowest BCUT2D eigenvalue weighted by atomic mass is 9.84. The molecule has 1 atom stereocenters. The van der Waals surface area contributed by atoms with Crippen molar-refractivity contribution in [2.75, 3.05) is 44.5 Å². The van der Waals surface area contributed by atoms with E-state index >= 15 is 0 Å². The average Bonchev–Trinajstić information content (AvgIpc) is 3.34. The fourth-order valence-corrected chi connectivity index (χ4v) is 4.24. The van der Waals surface area contributed by atoms with Gasteiger partial charge in [-0.2, -0.15) is 0 Å². The predicted octanol–water partition coefficient (Wildman–Crippen LogP) is 5.56. The number of fused-ring (bicyclic) bond motifs is 1. The van der Waals surface area contributed by atoms with Gasteiger partial charge >= 0.3 is 0 Å². The third-order valence-electron chi connectivity index (χ3n) is 6.06. The first kappa shape index (κ1) is 27.3. The van der Waals surface area contributed by atoms with Gasteiger partial charge in [-0.05, 0) is 57.3 Å². The summed E-state index contributed by atoms with van der Waals surface area (Å²) >= 11 is 5.95. The highest BCUT2D eigenvalue weighted by molar-refractivity contribution is 6.31. The molecule has 1 aliphatic rings. The van der Waals surface area contributed by atoms with Crippen LogP contribution in [0.1, 0.15) is 18.4 Å². The fourth-order valence-electron chi connectivity index (χ4n) is 4.06. The summed E-state index contributed by atoms with van der Waals surface area (Å²) < 4.78 is 19.3. The predicted molar refractivity (Wildman–Crippen MR) is 150 cm³/mol. The van der Waals surface area contributed by atoms with Crippen molar-refractivity contribution in [3.05, 3.63) is 77.9 Å². The number of likely N-dealkylation sites (N-methyl/N-ethyl adjacent to an activating group) is 1. The third-order valence-corrected chi connectivity index (χ3v) is 6.34. The van der Waals surface area contributed by atoms with Gasteiger partial charge in [0.2, 0.25) is 5.91 Å². The van der Waals surface area contributed by atoms with Crippen LogP contribution in [0.3, 0.4) is 0 Å². The minimum Gasteiger partial charge on any atom is -0.380 e. The van der Waals surface area contributed by atoms with Crippen molar-refractivity contribution in [2.24, 2.45) is 5.41 Å². The summed E-state index contributed by atoms with van der Waals surface area (Å²) in [4.78, 5) is 23.5. The average molecular weight is 534 g/mol. The van der Waals surface area contributed by atoms with Crippen molar-refractivity contribution in [3.63, 3.8) is 0 Å². The van der Waals surface area contributed by atoms with Crippen molar-refractivity contribution in [1.82, 2.24) is 14.9 Å². The van der Waals surface area contributed by atoms with Gasteiger partial charge in [0.1, 0.15) is 18.0 Å². The number of aromatic nitrogens is 2. The van der Waals surface area contributed by atoms with Crippen LogP contribution >= 0.6 is 11.6 Å². The summed E-state index contributed by atoms with van der Waals surface area (Å²) in [5.41, 5.74) is 2.01. The molecule has 0 saturated carbocycles. The molecule has 0 unspecified atom stereocenters. The lowest BCUT2D eigenvalue weighted by Crippen LogP contribution is -2.17. The Morgan fingerprint density at radius 3 is 2.87 bits per heavy atom. The third kappa shape index (κ3) is 6.75. The number of benzene rings is 2. The van der Waals surface area contributed by atoms with Crippen LogP contribution in [0.15, 0.2) is 61.5 Å². The summed E-state index contributed by atoms with van der Waals surface area (Å²) in [7, 11) is 3.85. The lowest BCUT2D eigenvalue weighted by molar-refractivity contribution is -0.111. The van der Waals surface area contributed by atoms with E-state index in [9.17, 15) is 9.18 Å². The first-order valence-electron chi connectivity index (χ1n) is 12.1. The second-order valence-electron chi connectivity index (χ2n) is 9.37. The number of carbonyl (C=O) groups is 1. The molecule has 4 rings (SSSR count). The normalized spacial score (nSPS) is 17.0. The van der Waals surface area contributed by atoms with Gasteiger partial charge in [0.25, 0.3) is 0 Å². The van der Waals surface area contributed by atoms with Crippen LogP contribution < -0.4 is 10.6 Å². The molecule has 2 aromatic carbocycles. The van der Waals surface area contributed by atoms with E-state index in [1.165, 1.54) is 24.5 Å². The van der Waals surface area contributed by atoms with Crippen LogP contribution in [-0.2, 0) is 9.53 Å². The Hall–Kier alpha value is -3.77. The van der Waals surface area contributed by atoms with Gasteiger partial charge in [-0.25, -0.2) is 14.4 Å². The van der Waals surface area contributed by atoms with Gasteiger partial charge in [0.05, 0.1) is 33.8 Å². The van der Waals surface area contributed by atoms with Gasteiger partial charge in [-0.15, -0.1) is 6.58 Å². The topological polar surface area (TPSA) is 79.4 Å². The molecule has 0 aliphatic carbocycles. The zero-order valence-electron chi connectivity index (χ0n) is 21.4. The number of hydrogen-bond acceptors (Lipinski definition) is 6. The van der Waals surface area contributed by atoms with Crippen LogP contribution in [0.5, 0.6) is 0 Å². The van der Waals surface area contributed by atoms with Crippen LogP contribution in [0.2, 0.25) is 5.02 Å². The smallest absolute Gasteiger partial charge is 0.248 e. The number of nitrogens with one attached hydrogen (secondary N) is 2. The van der Waals surface area contributed by atoms with Gasteiger partial charge in [0.15, 0.2) is 0 Å². The number of anilines is 3. The van der Waals surface area contributed by atoms with Crippen LogP contribution in [0, 0.1) is 23.1 Å². The second-order valence-corrected chi connectivity index (χ2v) is 9.78. The summed E-state index contributed by atoms with van der Waals surface area (Å²) in [5, 5.41) is 6.76. The maximum atomic E-state index is 13.6. The van der Waals surface area contributed by atoms with E-state index in [2.05, 4.69) is 39.0 Å². The zero-order chi connectivity index (χ0) is 27.1. The van der Waals surface area contributed by atoms with Crippen LogP contribution in [0.4, 0.5) is 21.6 Å². The standard InChI is InChI=1S/C29H29ClFN5O2/c1-4-10-29(12-14-38-18-29)11-9-20-15-26-22(17-25(20)35-27(37)6-5-13-36(2)3)28(33-19-32-26)34-21-7-8-24(31)23(30)16-21/h4-8,15-17,19H,1,10,12-14,18H2,2-3H3,(H,35,37)(H,32,33,34)/b6-5+/t29-/m1/s1. The molecule has 7 nitrogen and oxygen atoms in total. The maximum absolute atomic E-state index is 13.6. The molecule has 3 aromatic rings. The number of hydrogen-bond donors (Lipinski definition) is 2. The number of allylic oxidation sites excluding steroid dienone is 1. The van der Waals surface area contributed by atoms with Crippen molar-refractivity contribution < 1.29 is 13.9 Å². The van der Waals surface area contributed by atoms with Gasteiger partial charge in [-0.3, -0.25) is 4.79 Å². The van der Waals surface area contributed by atoms with E-state index < -0.39 is 5.82 Å². The summed E-state index contributed by atoms with van der Waals surface area (Å²) in [6, 6.07) is 7.93. The molecule has 9 heteroatoms. The highest BCUT2D eigenvalue weighted by Crippen LogP contribution is 2.33. The number of carbonyl (C=O) groups excluding carboxylic acids is 1. The van der Waals surface area contributed by atoms with Gasteiger partial charge < -0.3 is 20.3 Å². The number of nitrogens with zero attached hydrogens (tertiary/aromatic N) is 3. The minimum absolute atomic E-state index is 0.00673. The first-order valence-corrected chi connectivity index (χ1v) is 12.5. The number of ether oxygens (including phenoxy) is 1. The Balaban J connectivity index is 1.75. The minimum atomic E-state index is -0.512. The Morgan fingerprint density at radius 1 is 1.32 bits per heavy atom. The highest BCUT2D eigenvalue weighted by atomic mass is 35.5. The van der Waals surface area contributed by atoms with E-state index in [4.69, 9.17) is 16.3 Å². The molecular formula is C29H29ClFN5O2. The van der Waals surface area contributed by atoms with E-state index in [-0.39, 0.29) is 16.3 Å². The Kier molecular flexibility index (Phi) is 8.74. The monoisotopic (exact) mass is 533 g/mol. The molecule has 0 radical (unpaired) electrons. The summed E-state index contributed by atoms with van der Waals surface area (Å²) in [6.45, 7) is 5.68. The number of halogens is 2. The largest absolute Gasteiger partial charge is 0.380 e.